The number of hydrogen-bond acceptors (Lipinski definition) is 5. The molecule has 3 heterocycles. The lowest BCUT2D eigenvalue weighted by atomic mass is 10.1. The molecule has 1 aliphatic heterocycles. The number of amides is 1. The molecule has 1 fully saturated rings. The van der Waals surface area contributed by atoms with Crippen molar-refractivity contribution in [2.24, 2.45) is 0 Å². The predicted molar refractivity (Wildman–Crippen MR) is 94.9 cm³/mol. The van der Waals surface area contributed by atoms with Crippen molar-refractivity contribution in [1.29, 1.82) is 5.26 Å². The maximum Gasteiger partial charge on any atom is 0.252 e. The zero-order valence-electron chi connectivity index (χ0n) is 14.3. The molecule has 1 aliphatic rings. The van der Waals surface area contributed by atoms with Gasteiger partial charge in [0.15, 0.2) is 0 Å². The molecule has 0 saturated carbocycles. The fourth-order valence-corrected chi connectivity index (χ4v) is 3.34. The molecule has 1 aromatic carbocycles. The van der Waals surface area contributed by atoms with Gasteiger partial charge in [-0.15, -0.1) is 5.10 Å². The van der Waals surface area contributed by atoms with Crippen molar-refractivity contribution in [3.63, 3.8) is 0 Å². The van der Waals surface area contributed by atoms with Gasteiger partial charge in [-0.2, -0.15) is 5.26 Å². The van der Waals surface area contributed by atoms with Crippen molar-refractivity contribution >= 4 is 16.8 Å². The number of para-hydroxylation sites is 1. The molecule has 132 valence electrons. The molecular formula is C18H19N7O. The van der Waals surface area contributed by atoms with E-state index in [4.69, 9.17) is 5.26 Å². The summed E-state index contributed by atoms with van der Waals surface area (Å²) in [5, 5.41) is 13.9. The van der Waals surface area contributed by atoms with Crippen LogP contribution in [-0.2, 0) is 17.9 Å². The van der Waals surface area contributed by atoms with Crippen LogP contribution >= 0.6 is 0 Å². The quantitative estimate of drug-likeness (QED) is 0.758. The molecule has 1 saturated heterocycles. The summed E-state index contributed by atoms with van der Waals surface area (Å²) in [5.74, 6) is 0.0895. The highest BCUT2D eigenvalue weighted by atomic mass is 16.2. The highest BCUT2D eigenvalue weighted by Crippen LogP contribution is 2.19. The Hall–Kier alpha value is -3.18. The van der Waals surface area contributed by atoms with Crippen molar-refractivity contribution in [3.05, 3.63) is 48.2 Å². The third-order valence-electron chi connectivity index (χ3n) is 4.73. The van der Waals surface area contributed by atoms with E-state index in [-0.39, 0.29) is 18.3 Å². The zero-order chi connectivity index (χ0) is 17.9. The molecule has 0 unspecified atom stereocenters. The normalized spacial score (nSPS) is 15.3. The van der Waals surface area contributed by atoms with E-state index < -0.39 is 0 Å². The van der Waals surface area contributed by atoms with Gasteiger partial charge in [0.25, 0.3) is 5.82 Å². The number of nitrogens with zero attached hydrogens (tertiary/aromatic N) is 6. The first-order valence-electron chi connectivity index (χ1n) is 8.57. The van der Waals surface area contributed by atoms with E-state index in [9.17, 15) is 4.79 Å². The zero-order valence-corrected chi connectivity index (χ0v) is 14.3. The summed E-state index contributed by atoms with van der Waals surface area (Å²) in [6.45, 7) is 4.05. The third kappa shape index (κ3) is 3.30. The topological polar surface area (TPSA) is 93.8 Å². The van der Waals surface area contributed by atoms with Crippen molar-refractivity contribution < 1.29 is 4.79 Å². The molecule has 0 bridgehead atoms. The van der Waals surface area contributed by atoms with Gasteiger partial charge in [-0.1, -0.05) is 18.2 Å². The Morgan fingerprint density at radius 3 is 2.85 bits per heavy atom. The summed E-state index contributed by atoms with van der Waals surface area (Å²) in [6, 6.07) is 10.3. The third-order valence-corrected chi connectivity index (χ3v) is 4.73. The number of carbonyl (C=O) groups excluding carboxylic acids is 1. The van der Waals surface area contributed by atoms with Gasteiger partial charge in [-0.05, 0) is 17.0 Å². The molecule has 0 radical (unpaired) electrons. The summed E-state index contributed by atoms with van der Waals surface area (Å²) >= 11 is 0. The Morgan fingerprint density at radius 1 is 1.23 bits per heavy atom. The number of nitriles is 1. The van der Waals surface area contributed by atoms with Crippen LogP contribution in [0.15, 0.2) is 36.8 Å². The molecule has 26 heavy (non-hydrogen) atoms. The Bertz CT molecular complexity index is 959. The van der Waals surface area contributed by atoms with Crippen LogP contribution in [0.2, 0.25) is 0 Å². The molecular weight excluding hydrogens is 330 g/mol. The highest BCUT2D eigenvalue weighted by molar-refractivity contribution is 5.82. The van der Waals surface area contributed by atoms with Crippen molar-refractivity contribution in [1.82, 2.24) is 29.5 Å². The van der Waals surface area contributed by atoms with Crippen molar-refractivity contribution in [2.75, 3.05) is 26.2 Å². The first-order valence-corrected chi connectivity index (χ1v) is 8.57. The van der Waals surface area contributed by atoms with Gasteiger partial charge in [0.05, 0.1) is 0 Å². The van der Waals surface area contributed by atoms with Crippen LogP contribution in [0, 0.1) is 11.3 Å². The Balaban J connectivity index is 1.33. The van der Waals surface area contributed by atoms with Crippen molar-refractivity contribution in [2.45, 2.75) is 13.1 Å². The highest BCUT2D eigenvalue weighted by Gasteiger charge is 2.22. The minimum Gasteiger partial charge on any atom is -0.361 e. The van der Waals surface area contributed by atoms with Crippen LogP contribution in [-0.4, -0.2) is 61.6 Å². The predicted octanol–water partition coefficient (Wildman–Crippen LogP) is 0.975. The number of piperazine rings is 1. The maximum absolute atomic E-state index is 12.4. The second-order valence-electron chi connectivity index (χ2n) is 6.39. The first-order chi connectivity index (χ1) is 12.7. The van der Waals surface area contributed by atoms with E-state index in [1.807, 2.05) is 17.2 Å². The molecule has 1 amide bonds. The van der Waals surface area contributed by atoms with E-state index in [1.54, 1.807) is 0 Å². The number of benzene rings is 1. The minimum absolute atomic E-state index is 0.00510. The maximum atomic E-state index is 12.4. The van der Waals surface area contributed by atoms with Gasteiger partial charge >= 0.3 is 0 Å². The van der Waals surface area contributed by atoms with E-state index >= 15 is 0 Å². The van der Waals surface area contributed by atoms with Crippen LogP contribution in [0.3, 0.4) is 0 Å². The number of rotatable bonds is 4. The summed E-state index contributed by atoms with van der Waals surface area (Å²) in [6.07, 6.45) is 3.39. The van der Waals surface area contributed by atoms with Gasteiger partial charge in [-0.25, -0.2) is 9.67 Å². The number of fused-ring (bicyclic) bond motifs is 1. The standard InChI is InChI=1S/C18H19N7O/c19-10-16-21-13-25(22-16)12-17(26)24-8-6-23(7-9-24)11-15-3-1-2-14-4-5-20-18(14)15/h1-5,13,20H,6-9,11-12H2. The number of aromatic nitrogens is 4. The molecule has 1 N–H and O–H groups in total. The van der Waals surface area contributed by atoms with Gasteiger partial charge in [0.1, 0.15) is 18.9 Å². The second-order valence-corrected chi connectivity index (χ2v) is 6.39. The number of carbonyl (C=O) groups is 1. The van der Waals surface area contributed by atoms with E-state index in [0.717, 1.165) is 19.6 Å². The fourth-order valence-electron chi connectivity index (χ4n) is 3.34. The largest absolute Gasteiger partial charge is 0.361 e. The van der Waals surface area contributed by atoms with E-state index in [0.29, 0.717) is 13.1 Å². The lowest BCUT2D eigenvalue weighted by Crippen LogP contribution is -2.49. The molecule has 2 aromatic heterocycles. The van der Waals surface area contributed by atoms with Crippen molar-refractivity contribution in [3.8, 4) is 6.07 Å². The Kier molecular flexibility index (Phi) is 4.37. The molecule has 4 rings (SSSR count). The van der Waals surface area contributed by atoms with Crippen LogP contribution in [0.5, 0.6) is 0 Å². The molecule has 0 aliphatic carbocycles. The van der Waals surface area contributed by atoms with Crippen LogP contribution in [0.1, 0.15) is 11.4 Å². The molecule has 8 heteroatoms. The minimum atomic E-state index is 0.00510. The summed E-state index contributed by atoms with van der Waals surface area (Å²) in [4.78, 5) is 23.7. The van der Waals surface area contributed by atoms with Gasteiger partial charge < -0.3 is 9.88 Å². The Labute approximate surface area is 150 Å². The van der Waals surface area contributed by atoms with Crippen LogP contribution in [0.4, 0.5) is 0 Å². The van der Waals surface area contributed by atoms with Crippen LogP contribution < -0.4 is 0 Å². The van der Waals surface area contributed by atoms with Gasteiger partial charge in [0, 0.05) is 44.4 Å². The summed E-state index contributed by atoms with van der Waals surface area (Å²) in [5.41, 5.74) is 2.46. The fraction of sp³-hybridized carbons (Fsp3) is 0.333. The second kappa shape index (κ2) is 6.98. The number of nitrogens with one attached hydrogen (secondary N) is 1. The molecule has 8 nitrogen and oxygen atoms in total. The summed E-state index contributed by atoms with van der Waals surface area (Å²) < 4.78 is 1.42. The Morgan fingerprint density at radius 2 is 2.08 bits per heavy atom. The lowest BCUT2D eigenvalue weighted by molar-refractivity contribution is -0.133. The SMILES string of the molecule is N#Cc1ncn(CC(=O)N2CCN(Cc3cccc4cc[nH]c34)CC2)n1. The van der Waals surface area contributed by atoms with E-state index in [2.05, 4.69) is 44.2 Å². The molecule has 0 spiro atoms. The monoisotopic (exact) mass is 349 g/mol. The number of H-pyrrole nitrogens is 1. The molecule has 0 atom stereocenters. The van der Waals surface area contributed by atoms with Crippen LogP contribution in [0.25, 0.3) is 10.9 Å². The lowest BCUT2D eigenvalue weighted by Gasteiger charge is -2.34. The van der Waals surface area contributed by atoms with Gasteiger partial charge in [0.2, 0.25) is 5.91 Å². The first kappa shape index (κ1) is 16.3. The number of aromatic amines is 1. The average Bonchev–Trinajstić information content (AvgIpc) is 3.32. The smallest absolute Gasteiger partial charge is 0.252 e. The molecule has 3 aromatic rings. The average molecular weight is 349 g/mol. The number of hydrogen-bond donors (Lipinski definition) is 1. The van der Waals surface area contributed by atoms with E-state index in [1.165, 1.54) is 27.5 Å². The van der Waals surface area contributed by atoms with Gasteiger partial charge in [-0.3, -0.25) is 9.69 Å². The summed E-state index contributed by atoms with van der Waals surface area (Å²) in [7, 11) is 0.